The van der Waals surface area contributed by atoms with E-state index in [1.54, 1.807) is 6.07 Å². The Balaban J connectivity index is 1.73. The van der Waals surface area contributed by atoms with Gasteiger partial charge in [0.2, 0.25) is 20.7 Å². The second kappa shape index (κ2) is 7.37. The third-order valence-electron chi connectivity index (χ3n) is 4.73. The topological polar surface area (TPSA) is 85.5 Å². The van der Waals surface area contributed by atoms with Crippen LogP contribution in [0.25, 0.3) is 0 Å². The molecule has 11 heteroatoms. The number of piperidine rings is 1. The van der Waals surface area contributed by atoms with Crippen LogP contribution < -0.4 is 9.64 Å². The molecule has 3 heterocycles. The first kappa shape index (κ1) is 19.5. The highest BCUT2D eigenvalue weighted by Gasteiger charge is 2.48. The van der Waals surface area contributed by atoms with Crippen molar-refractivity contribution in [2.45, 2.75) is 36.3 Å². The van der Waals surface area contributed by atoms with E-state index in [1.165, 1.54) is 6.26 Å². The van der Waals surface area contributed by atoms with E-state index in [9.17, 15) is 17.2 Å². The Labute approximate surface area is 154 Å². The maximum Gasteiger partial charge on any atom is 0.388 e. The smallest absolute Gasteiger partial charge is 0.388 e. The van der Waals surface area contributed by atoms with Crippen molar-refractivity contribution in [2.24, 2.45) is 5.92 Å². The minimum Gasteiger partial charge on any atom is -0.417 e. The number of anilines is 1. The van der Waals surface area contributed by atoms with E-state index in [1.807, 2.05) is 4.90 Å². The van der Waals surface area contributed by atoms with Gasteiger partial charge in [-0.05, 0) is 25.8 Å². The molecule has 1 aliphatic rings. The maximum atomic E-state index is 15.4. The fraction of sp³-hybridized carbons (Fsp3) is 0.500. The quantitative estimate of drug-likeness (QED) is 0.730. The summed E-state index contributed by atoms with van der Waals surface area (Å²) in [5.41, 5.74) is 0. The lowest BCUT2D eigenvalue weighted by atomic mass is 9.92. The van der Waals surface area contributed by atoms with Gasteiger partial charge in [0.1, 0.15) is 6.26 Å². The summed E-state index contributed by atoms with van der Waals surface area (Å²) in [4.78, 5) is 5.02. The molecule has 1 aliphatic heterocycles. The van der Waals surface area contributed by atoms with Gasteiger partial charge in [0.15, 0.2) is 5.82 Å². The summed E-state index contributed by atoms with van der Waals surface area (Å²) in [6.07, 6.45) is 2.87. The van der Waals surface area contributed by atoms with E-state index in [4.69, 9.17) is 4.52 Å². The first-order valence-electron chi connectivity index (χ1n) is 8.21. The third kappa shape index (κ3) is 3.87. The van der Waals surface area contributed by atoms with Crippen molar-refractivity contribution in [1.82, 2.24) is 10.1 Å². The summed E-state index contributed by atoms with van der Waals surface area (Å²) >= 11 is 0. The van der Waals surface area contributed by atoms with Gasteiger partial charge in [0, 0.05) is 37.3 Å². The van der Waals surface area contributed by atoms with Crippen LogP contribution in [0.3, 0.4) is 0 Å². The predicted molar refractivity (Wildman–Crippen MR) is 89.0 cm³/mol. The van der Waals surface area contributed by atoms with Crippen molar-refractivity contribution < 1.29 is 30.8 Å². The number of ether oxygens (including phenoxy) is 1. The van der Waals surface area contributed by atoms with E-state index in [0.29, 0.717) is 31.7 Å². The minimum atomic E-state index is -4.38. The van der Waals surface area contributed by atoms with Gasteiger partial charge in [-0.2, -0.15) is 8.78 Å². The van der Waals surface area contributed by atoms with E-state index in [2.05, 4.69) is 14.9 Å². The highest BCUT2D eigenvalue weighted by molar-refractivity contribution is 7.92. The molecule has 0 N–H and O–H groups in total. The summed E-state index contributed by atoms with van der Waals surface area (Å²) in [5.74, 6) is -0.552. The van der Waals surface area contributed by atoms with Crippen LogP contribution in [-0.2, 0) is 9.84 Å². The van der Waals surface area contributed by atoms with Crippen LogP contribution in [0.4, 0.5) is 19.0 Å². The zero-order valence-electron chi connectivity index (χ0n) is 14.4. The van der Waals surface area contributed by atoms with Crippen molar-refractivity contribution in [3.8, 4) is 5.88 Å². The van der Waals surface area contributed by atoms with Crippen molar-refractivity contribution in [3.63, 3.8) is 0 Å². The molecule has 0 spiro atoms. The molecule has 0 aromatic carbocycles. The van der Waals surface area contributed by atoms with Crippen molar-refractivity contribution >= 4 is 15.7 Å². The van der Waals surface area contributed by atoms with Crippen LogP contribution in [0.2, 0.25) is 0 Å². The lowest BCUT2D eigenvalue weighted by Crippen LogP contribution is -2.45. The molecular weight excluding hydrogens is 387 g/mol. The Hall–Kier alpha value is -2.30. The molecule has 2 aromatic rings. The summed E-state index contributed by atoms with van der Waals surface area (Å²) in [5, 5.41) is 1.29. The summed E-state index contributed by atoms with van der Waals surface area (Å²) < 4.78 is 74.1. The van der Waals surface area contributed by atoms with E-state index >= 15 is 4.39 Å². The molecule has 1 fully saturated rings. The molecule has 0 bridgehead atoms. The Morgan fingerprint density at radius 2 is 2.00 bits per heavy atom. The number of aromatic nitrogens is 2. The van der Waals surface area contributed by atoms with Crippen molar-refractivity contribution in [1.29, 1.82) is 0 Å². The van der Waals surface area contributed by atoms with Gasteiger partial charge in [-0.15, -0.1) is 0 Å². The SMILES string of the molecule is C[C@](F)(C1CCN(c2ccon2)CC1)S(=O)(=O)c1ccc(OC(F)F)nc1. The van der Waals surface area contributed by atoms with Crippen LogP contribution in [0.5, 0.6) is 5.88 Å². The molecule has 148 valence electrons. The van der Waals surface area contributed by atoms with Gasteiger partial charge in [-0.3, -0.25) is 0 Å². The van der Waals surface area contributed by atoms with Crippen molar-refractivity contribution in [2.75, 3.05) is 18.0 Å². The van der Waals surface area contributed by atoms with Gasteiger partial charge in [-0.25, -0.2) is 17.8 Å². The standard InChI is InChI=1S/C16H18F3N3O4S/c1-16(19,11-4-7-22(8-5-11)13-6-9-25-21-13)27(23,24)12-2-3-14(20-10-12)26-15(17)18/h2-3,6,9-11,15H,4-5,7-8H2,1H3/t16-/m1/s1. The zero-order valence-corrected chi connectivity index (χ0v) is 15.2. The van der Waals surface area contributed by atoms with Crippen LogP contribution in [0, 0.1) is 5.92 Å². The molecule has 1 saturated heterocycles. The minimum absolute atomic E-state index is 0.305. The Bertz CT molecular complexity index is 850. The highest BCUT2D eigenvalue weighted by atomic mass is 32.2. The number of rotatable bonds is 6. The average Bonchev–Trinajstić information content (AvgIpc) is 3.16. The fourth-order valence-corrected chi connectivity index (χ4v) is 4.70. The number of pyridine rings is 1. The summed E-state index contributed by atoms with van der Waals surface area (Å²) in [7, 11) is -4.38. The number of alkyl halides is 3. The van der Waals surface area contributed by atoms with Crippen molar-refractivity contribution in [3.05, 3.63) is 30.7 Å². The Morgan fingerprint density at radius 1 is 1.30 bits per heavy atom. The molecule has 1 atom stereocenters. The Kier molecular flexibility index (Phi) is 5.31. The largest absolute Gasteiger partial charge is 0.417 e. The summed E-state index contributed by atoms with van der Waals surface area (Å²) in [6, 6.07) is 3.67. The van der Waals surface area contributed by atoms with Crippen LogP contribution >= 0.6 is 0 Å². The molecule has 0 radical (unpaired) electrons. The van der Waals surface area contributed by atoms with Gasteiger partial charge in [0.05, 0.1) is 4.90 Å². The molecule has 2 aromatic heterocycles. The molecular formula is C16H18F3N3O4S. The molecule has 27 heavy (non-hydrogen) atoms. The maximum absolute atomic E-state index is 15.4. The van der Waals surface area contributed by atoms with E-state index in [0.717, 1.165) is 25.3 Å². The number of sulfone groups is 1. The number of hydrogen-bond donors (Lipinski definition) is 0. The lowest BCUT2D eigenvalue weighted by molar-refractivity contribution is -0.0529. The molecule has 0 amide bonds. The molecule has 3 rings (SSSR count). The second-order valence-electron chi connectivity index (χ2n) is 6.32. The highest BCUT2D eigenvalue weighted by Crippen LogP contribution is 2.40. The Morgan fingerprint density at radius 3 is 2.52 bits per heavy atom. The number of nitrogens with zero attached hydrogens (tertiary/aromatic N) is 3. The first-order chi connectivity index (χ1) is 12.7. The molecule has 0 unspecified atom stereocenters. The van der Waals surface area contributed by atoms with Gasteiger partial charge < -0.3 is 14.2 Å². The third-order valence-corrected chi connectivity index (χ3v) is 6.97. The summed E-state index contributed by atoms with van der Waals surface area (Å²) in [6.45, 7) is -1.18. The van der Waals surface area contributed by atoms with Gasteiger partial charge in [-0.1, -0.05) is 5.16 Å². The van der Waals surface area contributed by atoms with E-state index < -0.39 is 33.2 Å². The first-order valence-corrected chi connectivity index (χ1v) is 9.70. The molecule has 0 aliphatic carbocycles. The second-order valence-corrected chi connectivity index (χ2v) is 8.60. The fourth-order valence-electron chi connectivity index (χ4n) is 3.13. The van der Waals surface area contributed by atoms with Gasteiger partial charge >= 0.3 is 6.61 Å². The molecule has 7 nitrogen and oxygen atoms in total. The van der Waals surface area contributed by atoms with E-state index in [-0.39, 0.29) is 4.90 Å². The number of halogens is 3. The number of hydrogen-bond acceptors (Lipinski definition) is 7. The van der Waals surface area contributed by atoms with Crippen LogP contribution in [0.15, 0.2) is 40.1 Å². The van der Waals surface area contributed by atoms with Crippen LogP contribution in [0.1, 0.15) is 19.8 Å². The monoisotopic (exact) mass is 405 g/mol. The van der Waals surface area contributed by atoms with Crippen LogP contribution in [-0.4, -0.2) is 43.3 Å². The average molecular weight is 405 g/mol. The van der Waals surface area contributed by atoms with Gasteiger partial charge in [0.25, 0.3) is 0 Å². The molecule has 0 saturated carbocycles. The lowest BCUT2D eigenvalue weighted by Gasteiger charge is -2.37. The predicted octanol–water partition coefficient (Wildman–Crippen LogP) is 3.05. The normalized spacial score (nSPS) is 18.5. The zero-order chi connectivity index (χ0) is 19.7.